The average molecular weight is 265 g/mol. The van der Waals surface area contributed by atoms with Gasteiger partial charge in [0, 0.05) is 18.6 Å². The number of imide groups is 1. The summed E-state index contributed by atoms with van der Waals surface area (Å²) in [7, 11) is 0. The molecule has 3 aliphatic rings. The Hall–Kier alpha value is -0.940. The van der Waals surface area contributed by atoms with E-state index in [0.717, 1.165) is 32.5 Å². The van der Waals surface area contributed by atoms with Gasteiger partial charge in [-0.15, -0.1) is 0 Å². The summed E-state index contributed by atoms with van der Waals surface area (Å²) in [6, 6.07) is 0.186. The highest BCUT2D eigenvalue weighted by molar-refractivity contribution is 6.06. The Kier molecular flexibility index (Phi) is 3.58. The monoisotopic (exact) mass is 265 g/mol. The van der Waals surface area contributed by atoms with Crippen LogP contribution in [0.4, 0.5) is 0 Å². The molecule has 0 aromatic rings. The summed E-state index contributed by atoms with van der Waals surface area (Å²) < 4.78 is 0. The Labute approximate surface area is 114 Å². The van der Waals surface area contributed by atoms with E-state index in [9.17, 15) is 9.59 Å². The van der Waals surface area contributed by atoms with Crippen molar-refractivity contribution in [2.75, 3.05) is 19.6 Å². The summed E-state index contributed by atoms with van der Waals surface area (Å²) in [5.74, 6) is 0.0131. The van der Waals surface area contributed by atoms with Crippen LogP contribution in [0, 0.1) is 0 Å². The molecule has 1 aliphatic carbocycles. The number of likely N-dealkylation sites (tertiary alicyclic amines) is 2. The van der Waals surface area contributed by atoms with Crippen LogP contribution in [0.15, 0.2) is 0 Å². The first-order chi connectivity index (χ1) is 9.15. The topological polar surface area (TPSA) is 52.7 Å². The molecular formula is C14H23N3O2. The van der Waals surface area contributed by atoms with Gasteiger partial charge in [-0.3, -0.25) is 14.5 Å². The summed E-state index contributed by atoms with van der Waals surface area (Å²) >= 11 is 0. The van der Waals surface area contributed by atoms with Crippen LogP contribution in [0.25, 0.3) is 0 Å². The highest BCUT2D eigenvalue weighted by Crippen LogP contribution is 2.31. The van der Waals surface area contributed by atoms with Gasteiger partial charge in [0.25, 0.3) is 0 Å². The van der Waals surface area contributed by atoms with E-state index < -0.39 is 0 Å². The fourth-order valence-corrected chi connectivity index (χ4v) is 3.25. The molecule has 0 radical (unpaired) electrons. The van der Waals surface area contributed by atoms with Crippen molar-refractivity contribution in [2.45, 2.75) is 57.2 Å². The molecule has 2 aliphatic heterocycles. The Morgan fingerprint density at radius 3 is 2.58 bits per heavy atom. The Bertz CT molecular complexity index is 375. The number of carbonyl (C=O) groups is 2. The van der Waals surface area contributed by atoms with Crippen molar-refractivity contribution in [3.63, 3.8) is 0 Å². The molecule has 5 heteroatoms. The predicted molar refractivity (Wildman–Crippen MR) is 71.6 cm³/mol. The summed E-state index contributed by atoms with van der Waals surface area (Å²) in [4.78, 5) is 28.0. The van der Waals surface area contributed by atoms with Crippen LogP contribution >= 0.6 is 0 Å². The van der Waals surface area contributed by atoms with Crippen LogP contribution < -0.4 is 5.32 Å². The van der Waals surface area contributed by atoms with Crippen molar-refractivity contribution in [1.29, 1.82) is 0 Å². The number of nitrogens with one attached hydrogen (secondary N) is 1. The van der Waals surface area contributed by atoms with Gasteiger partial charge in [-0.2, -0.15) is 0 Å². The van der Waals surface area contributed by atoms with E-state index in [1.807, 2.05) is 0 Å². The standard InChI is InChI=1S/C14H23N3O2/c1-10(9-16-6-2-3-7-16)15-12-8-13(18)17(14(12)19)11-4-5-11/h10-12,15H,2-9H2,1H3. The molecule has 3 rings (SSSR count). The van der Waals surface area contributed by atoms with E-state index in [-0.39, 0.29) is 29.9 Å². The fourth-order valence-electron chi connectivity index (χ4n) is 3.25. The van der Waals surface area contributed by atoms with Gasteiger partial charge < -0.3 is 10.2 Å². The zero-order chi connectivity index (χ0) is 13.4. The zero-order valence-electron chi connectivity index (χ0n) is 11.6. The van der Waals surface area contributed by atoms with Crippen molar-refractivity contribution in [3.05, 3.63) is 0 Å². The molecular weight excluding hydrogens is 242 g/mol. The number of amides is 2. The zero-order valence-corrected chi connectivity index (χ0v) is 11.6. The number of hydrogen-bond donors (Lipinski definition) is 1. The maximum absolute atomic E-state index is 12.2. The highest BCUT2D eigenvalue weighted by atomic mass is 16.2. The van der Waals surface area contributed by atoms with E-state index in [2.05, 4.69) is 17.1 Å². The molecule has 106 valence electrons. The molecule has 1 N–H and O–H groups in total. The van der Waals surface area contributed by atoms with Crippen LogP contribution in [-0.4, -0.2) is 59.4 Å². The largest absolute Gasteiger partial charge is 0.302 e. The molecule has 2 amide bonds. The molecule has 0 aromatic carbocycles. The van der Waals surface area contributed by atoms with E-state index >= 15 is 0 Å². The average Bonchev–Trinajstić information content (AvgIpc) is 2.98. The molecule has 0 aromatic heterocycles. The Balaban J connectivity index is 1.51. The Morgan fingerprint density at radius 2 is 1.95 bits per heavy atom. The molecule has 2 saturated heterocycles. The highest BCUT2D eigenvalue weighted by Gasteiger charge is 2.46. The number of carbonyl (C=O) groups excluding carboxylic acids is 2. The summed E-state index contributed by atoms with van der Waals surface area (Å²) in [5, 5.41) is 3.34. The maximum Gasteiger partial charge on any atom is 0.247 e. The van der Waals surface area contributed by atoms with Crippen molar-refractivity contribution < 1.29 is 9.59 Å². The minimum atomic E-state index is -0.286. The van der Waals surface area contributed by atoms with Crippen LogP contribution in [0.5, 0.6) is 0 Å². The third kappa shape index (κ3) is 2.82. The first-order valence-electron chi connectivity index (χ1n) is 7.49. The molecule has 19 heavy (non-hydrogen) atoms. The van der Waals surface area contributed by atoms with Gasteiger partial charge >= 0.3 is 0 Å². The molecule has 0 spiro atoms. The first kappa shape index (κ1) is 13.1. The van der Waals surface area contributed by atoms with Gasteiger partial charge in [0.1, 0.15) is 0 Å². The first-order valence-corrected chi connectivity index (χ1v) is 7.49. The molecule has 1 saturated carbocycles. The third-order valence-corrected chi connectivity index (χ3v) is 4.31. The summed E-state index contributed by atoms with van der Waals surface area (Å²) in [6.45, 7) is 5.41. The van der Waals surface area contributed by atoms with Crippen molar-refractivity contribution in [1.82, 2.24) is 15.1 Å². The van der Waals surface area contributed by atoms with Gasteiger partial charge in [-0.05, 0) is 45.7 Å². The van der Waals surface area contributed by atoms with E-state index in [1.165, 1.54) is 17.7 Å². The number of nitrogens with zero attached hydrogens (tertiary/aromatic N) is 2. The van der Waals surface area contributed by atoms with Crippen LogP contribution in [-0.2, 0) is 9.59 Å². The molecule has 2 atom stereocenters. The second kappa shape index (κ2) is 5.21. The van der Waals surface area contributed by atoms with Crippen molar-refractivity contribution >= 4 is 11.8 Å². The van der Waals surface area contributed by atoms with Crippen molar-refractivity contribution in [3.8, 4) is 0 Å². The summed E-state index contributed by atoms with van der Waals surface area (Å²) in [6.07, 6.45) is 4.90. The quantitative estimate of drug-likeness (QED) is 0.729. The molecule has 3 fully saturated rings. The smallest absolute Gasteiger partial charge is 0.247 e. The van der Waals surface area contributed by atoms with Crippen LogP contribution in [0.1, 0.15) is 39.0 Å². The van der Waals surface area contributed by atoms with Gasteiger partial charge in [0.05, 0.1) is 12.5 Å². The van der Waals surface area contributed by atoms with E-state index in [0.29, 0.717) is 6.42 Å². The normalized spacial score (nSPS) is 30.4. The van der Waals surface area contributed by atoms with Crippen molar-refractivity contribution in [2.24, 2.45) is 0 Å². The number of rotatable bonds is 5. The van der Waals surface area contributed by atoms with E-state index in [1.54, 1.807) is 0 Å². The van der Waals surface area contributed by atoms with Gasteiger partial charge in [0.2, 0.25) is 11.8 Å². The third-order valence-electron chi connectivity index (χ3n) is 4.31. The van der Waals surface area contributed by atoms with Gasteiger partial charge in [-0.25, -0.2) is 0 Å². The minimum absolute atomic E-state index is 0.000715. The van der Waals surface area contributed by atoms with Gasteiger partial charge in [-0.1, -0.05) is 0 Å². The van der Waals surface area contributed by atoms with Crippen LogP contribution in [0.2, 0.25) is 0 Å². The lowest BCUT2D eigenvalue weighted by molar-refractivity contribution is -0.139. The van der Waals surface area contributed by atoms with E-state index in [4.69, 9.17) is 0 Å². The SMILES string of the molecule is CC(CN1CCCC1)NC1CC(=O)N(C2CC2)C1=O. The lowest BCUT2D eigenvalue weighted by Gasteiger charge is -2.23. The minimum Gasteiger partial charge on any atom is -0.302 e. The fraction of sp³-hybridized carbons (Fsp3) is 0.857. The number of hydrogen-bond acceptors (Lipinski definition) is 4. The van der Waals surface area contributed by atoms with Gasteiger partial charge in [0.15, 0.2) is 0 Å². The Morgan fingerprint density at radius 1 is 1.26 bits per heavy atom. The second-order valence-electron chi connectivity index (χ2n) is 6.17. The second-order valence-corrected chi connectivity index (χ2v) is 6.17. The molecule has 5 nitrogen and oxygen atoms in total. The lowest BCUT2D eigenvalue weighted by atomic mass is 10.2. The molecule has 0 bridgehead atoms. The summed E-state index contributed by atoms with van der Waals surface area (Å²) in [5.41, 5.74) is 0. The molecule has 2 heterocycles. The van der Waals surface area contributed by atoms with Crippen LogP contribution in [0.3, 0.4) is 0 Å². The molecule has 2 unspecified atom stereocenters. The predicted octanol–water partition coefficient (Wildman–Crippen LogP) is 0.350. The maximum atomic E-state index is 12.2. The lowest BCUT2D eigenvalue weighted by Crippen LogP contribution is -2.47.